The van der Waals surface area contributed by atoms with Gasteiger partial charge in [-0.3, -0.25) is 0 Å². The summed E-state index contributed by atoms with van der Waals surface area (Å²) in [5.74, 6) is -0.189. The van der Waals surface area contributed by atoms with Crippen molar-refractivity contribution in [1.29, 1.82) is 0 Å². The van der Waals surface area contributed by atoms with E-state index in [0.717, 1.165) is 13.0 Å². The summed E-state index contributed by atoms with van der Waals surface area (Å²) in [5.41, 5.74) is 0.702. The van der Waals surface area contributed by atoms with Gasteiger partial charge >= 0.3 is 6.36 Å². The Morgan fingerprint density at radius 1 is 1.32 bits per heavy atom. The van der Waals surface area contributed by atoms with Gasteiger partial charge in [0.1, 0.15) is 5.75 Å². The van der Waals surface area contributed by atoms with Crippen molar-refractivity contribution in [2.45, 2.75) is 31.7 Å². The minimum absolute atomic E-state index is 0.189. The van der Waals surface area contributed by atoms with E-state index in [-0.39, 0.29) is 5.75 Å². The first-order valence-electron chi connectivity index (χ1n) is 6.29. The fourth-order valence-corrected chi connectivity index (χ4v) is 1.69. The molecule has 19 heavy (non-hydrogen) atoms. The molecule has 0 aromatic heterocycles. The molecule has 1 aliphatic carbocycles. The van der Waals surface area contributed by atoms with E-state index in [1.807, 2.05) is 6.08 Å². The van der Waals surface area contributed by atoms with Crippen LogP contribution in [0.4, 0.5) is 13.2 Å². The smallest absolute Gasteiger partial charge is 0.406 e. The van der Waals surface area contributed by atoms with Crippen LogP contribution in [0.1, 0.15) is 24.8 Å². The molecule has 0 bridgehead atoms. The summed E-state index contributed by atoms with van der Waals surface area (Å²) in [5, 5.41) is 3.36. The highest BCUT2D eigenvalue weighted by atomic mass is 19.4. The van der Waals surface area contributed by atoms with Crippen molar-refractivity contribution in [2.24, 2.45) is 0 Å². The molecule has 1 saturated carbocycles. The zero-order valence-corrected chi connectivity index (χ0v) is 10.4. The molecule has 1 aromatic rings. The van der Waals surface area contributed by atoms with Gasteiger partial charge in [0, 0.05) is 6.04 Å². The highest BCUT2D eigenvalue weighted by molar-refractivity contribution is 5.51. The van der Waals surface area contributed by atoms with Crippen molar-refractivity contribution >= 4 is 6.08 Å². The highest BCUT2D eigenvalue weighted by Crippen LogP contribution is 2.23. The number of benzene rings is 1. The second-order valence-corrected chi connectivity index (χ2v) is 4.54. The average Bonchev–Trinajstić information content (AvgIpc) is 3.11. The molecule has 1 fully saturated rings. The number of halogens is 3. The summed E-state index contributed by atoms with van der Waals surface area (Å²) in [4.78, 5) is 0. The van der Waals surface area contributed by atoms with E-state index in [1.54, 1.807) is 18.2 Å². The number of hydrogen-bond acceptors (Lipinski definition) is 2. The summed E-state index contributed by atoms with van der Waals surface area (Å²) in [6, 6.07) is 6.63. The number of ether oxygens (including phenoxy) is 1. The van der Waals surface area contributed by atoms with E-state index >= 15 is 0 Å². The molecule has 0 saturated heterocycles. The Kier molecular flexibility index (Phi) is 4.47. The monoisotopic (exact) mass is 271 g/mol. The molecular weight excluding hydrogens is 255 g/mol. The standard InChI is InChI=1S/C14H16F3NO/c15-14(16,17)19-13-6-3-5-11(10-13)4-1-2-9-18-12-7-8-12/h1,3-6,10,12,18H,2,7-9H2. The predicted molar refractivity (Wildman–Crippen MR) is 67.8 cm³/mol. The molecule has 5 heteroatoms. The summed E-state index contributed by atoms with van der Waals surface area (Å²) in [6.07, 6.45) is 2.47. The van der Waals surface area contributed by atoms with Crippen LogP contribution >= 0.6 is 0 Å². The first-order chi connectivity index (χ1) is 9.03. The van der Waals surface area contributed by atoms with Gasteiger partial charge in [-0.05, 0) is 43.5 Å². The Balaban J connectivity index is 1.81. The third-order valence-electron chi connectivity index (χ3n) is 2.72. The van der Waals surface area contributed by atoms with E-state index in [0.29, 0.717) is 11.6 Å². The summed E-state index contributed by atoms with van der Waals surface area (Å²) < 4.78 is 40.0. The van der Waals surface area contributed by atoms with Gasteiger partial charge in [0.15, 0.2) is 0 Å². The second kappa shape index (κ2) is 6.10. The highest BCUT2D eigenvalue weighted by Gasteiger charge is 2.30. The molecule has 0 heterocycles. The molecule has 2 nitrogen and oxygen atoms in total. The fraction of sp³-hybridized carbons (Fsp3) is 0.429. The van der Waals surface area contributed by atoms with Crippen LogP contribution in [-0.4, -0.2) is 18.9 Å². The maximum absolute atomic E-state index is 12.1. The minimum Gasteiger partial charge on any atom is -0.406 e. The Labute approximate surface area is 110 Å². The van der Waals surface area contributed by atoms with E-state index in [1.165, 1.54) is 25.0 Å². The molecule has 104 valence electrons. The van der Waals surface area contributed by atoms with Crippen molar-refractivity contribution in [3.8, 4) is 5.75 Å². The van der Waals surface area contributed by atoms with Crippen molar-refractivity contribution in [1.82, 2.24) is 5.32 Å². The Morgan fingerprint density at radius 3 is 2.79 bits per heavy atom. The molecule has 1 aromatic carbocycles. The maximum Gasteiger partial charge on any atom is 0.573 e. The molecule has 0 radical (unpaired) electrons. The van der Waals surface area contributed by atoms with Gasteiger partial charge in [0.2, 0.25) is 0 Å². The summed E-state index contributed by atoms with van der Waals surface area (Å²) in [6.45, 7) is 0.903. The molecule has 1 N–H and O–H groups in total. The Morgan fingerprint density at radius 2 is 2.11 bits per heavy atom. The van der Waals surface area contributed by atoms with Crippen molar-refractivity contribution in [2.75, 3.05) is 6.54 Å². The molecule has 0 spiro atoms. The number of nitrogens with one attached hydrogen (secondary N) is 1. The molecule has 0 amide bonds. The predicted octanol–water partition coefficient (Wildman–Crippen LogP) is 3.74. The van der Waals surface area contributed by atoms with Crippen LogP contribution in [-0.2, 0) is 0 Å². The van der Waals surface area contributed by atoms with Crippen molar-refractivity contribution < 1.29 is 17.9 Å². The topological polar surface area (TPSA) is 21.3 Å². The molecular formula is C14H16F3NO. The molecule has 0 atom stereocenters. The SMILES string of the molecule is FC(F)(F)Oc1cccc(C=CCCNC2CC2)c1. The number of hydrogen-bond donors (Lipinski definition) is 1. The summed E-state index contributed by atoms with van der Waals surface area (Å²) >= 11 is 0. The summed E-state index contributed by atoms with van der Waals surface area (Å²) in [7, 11) is 0. The lowest BCUT2D eigenvalue weighted by Gasteiger charge is -2.08. The Hall–Kier alpha value is -1.49. The van der Waals surface area contributed by atoms with Crippen LogP contribution in [0.3, 0.4) is 0 Å². The van der Waals surface area contributed by atoms with Gasteiger partial charge in [0.25, 0.3) is 0 Å². The van der Waals surface area contributed by atoms with Crippen LogP contribution in [0.25, 0.3) is 6.08 Å². The first-order valence-corrected chi connectivity index (χ1v) is 6.29. The van der Waals surface area contributed by atoms with Crippen LogP contribution in [0, 0.1) is 0 Å². The normalized spacial score (nSPS) is 15.9. The van der Waals surface area contributed by atoms with Crippen LogP contribution < -0.4 is 10.1 Å². The molecule has 2 rings (SSSR count). The molecule has 0 unspecified atom stereocenters. The Bertz CT molecular complexity index is 439. The van der Waals surface area contributed by atoms with Crippen LogP contribution in [0.2, 0.25) is 0 Å². The lowest BCUT2D eigenvalue weighted by atomic mass is 10.2. The van der Waals surface area contributed by atoms with Crippen molar-refractivity contribution in [3.63, 3.8) is 0 Å². The zero-order chi connectivity index (χ0) is 13.7. The molecule has 1 aliphatic rings. The zero-order valence-electron chi connectivity index (χ0n) is 10.4. The lowest BCUT2D eigenvalue weighted by molar-refractivity contribution is -0.274. The van der Waals surface area contributed by atoms with Gasteiger partial charge in [-0.2, -0.15) is 0 Å². The largest absolute Gasteiger partial charge is 0.573 e. The van der Waals surface area contributed by atoms with Gasteiger partial charge in [0.05, 0.1) is 0 Å². The maximum atomic E-state index is 12.1. The minimum atomic E-state index is -4.64. The second-order valence-electron chi connectivity index (χ2n) is 4.54. The van der Waals surface area contributed by atoms with E-state index in [2.05, 4.69) is 10.1 Å². The number of alkyl halides is 3. The van der Waals surface area contributed by atoms with E-state index in [4.69, 9.17) is 0 Å². The third-order valence-corrected chi connectivity index (χ3v) is 2.72. The van der Waals surface area contributed by atoms with Crippen molar-refractivity contribution in [3.05, 3.63) is 35.9 Å². The third kappa shape index (κ3) is 5.79. The van der Waals surface area contributed by atoms with E-state index < -0.39 is 6.36 Å². The van der Waals surface area contributed by atoms with Gasteiger partial charge in [-0.1, -0.05) is 24.3 Å². The number of rotatable bonds is 6. The van der Waals surface area contributed by atoms with E-state index in [9.17, 15) is 13.2 Å². The van der Waals surface area contributed by atoms with Gasteiger partial charge in [-0.15, -0.1) is 13.2 Å². The lowest BCUT2D eigenvalue weighted by Crippen LogP contribution is -2.17. The van der Waals surface area contributed by atoms with Gasteiger partial charge in [-0.25, -0.2) is 0 Å². The van der Waals surface area contributed by atoms with Crippen LogP contribution in [0.5, 0.6) is 5.75 Å². The average molecular weight is 271 g/mol. The van der Waals surface area contributed by atoms with Crippen LogP contribution in [0.15, 0.2) is 30.3 Å². The van der Waals surface area contributed by atoms with Gasteiger partial charge < -0.3 is 10.1 Å². The fourth-order valence-electron chi connectivity index (χ4n) is 1.69. The molecule has 0 aliphatic heterocycles. The first kappa shape index (κ1) is 13.9. The quantitative estimate of drug-likeness (QED) is 0.796.